The van der Waals surface area contributed by atoms with Crippen LogP contribution in [-0.4, -0.2) is 42.1 Å². The summed E-state index contributed by atoms with van der Waals surface area (Å²) in [5.41, 5.74) is 0.552. The largest absolute Gasteiger partial charge is 0.386 e. The van der Waals surface area contributed by atoms with Crippen LogP contribution < -0.4 is 5.32 Å². The van der Waals surface area contributed by atoms with Gasteiger partial charge in [0.25, 0.3) is 0 Å². The fourth-order valence-corrected chi connectivity index (χ4v) is 4.44. The second-order valence-corrected chi connectivity index (χ2v) is 8.12. The Morgan fingerprint density at radius 1 is 1.50 bits per heavy atom. The number of aliphatic hydroxyl groups is 1. The van der Waals surface area contributed by atoms with E-state index in [1.54, 1.807) is 0 Å². The number of aliphatic imine (C=N–C) groups is 1. The van der Waals surface area contributed by atoms with E-state index in [1.807, 2.05) is 12.1 Å². The third-order valence-electron chi connectivity index (χ3n) is 4.82. The van der Waals surface area contributed by atoms with Gasteiger partial charge in [-0.05, 0) is 43.7 Å². The average Bonchev–Trinajstić information content (AvgIpc) is 3.09. The predicted molar refractivity (Wildman–Crippen MR) is 92.7 cm³/mol. The number of guanidine groups is 1. The summed E-state index contributed by atoms with van der Waals surface area (Å²) in [4.78, 5) is 7.88. The van der Waals surface area contributed by atoms with Gasteiger partial charge in [-0.15, -0.1) is 11.3 Å². The highest BCUT2D eigenvalue weighted by Crippen LogP contribution is 2.47. The topological polar surface area (TPSA) is 47.9 Å². The highest BCUT2D eigenvalue weighted by atomic mass is 35.5. The maximum Gasteiger partial charge on any atom is 0.194 e. The molecule has 1 aliphatic carbocycles. The lowest BCUT2D eigenvalue weighted by Gasteiger charge is -2.38. The Labute approximate surface area is 141 Å². The lowest BCUT2D eigenvalue weighted by atomic mass is 9.68. The van der Waals surface area contributed by atoms with E-state index in [4.69, 9.17) is 11.6 Å². The zero-order valence-electron chi connectivity index (χ0n) is 13.0. The smallest absolute Gasteiger partial charge is 0.194 e. The van der Waals surface area contributed by atoms with Crippen molar-refractivity contribution in [3.05, 3.63) is 21.3 Å². The van der Waals surface area contributed by atoms with Gasteiger partial charge in [-0.25, -0.2) is 0 Å². The van der Waals surface area contributed by atoms with Crippen molar-refractivity contribution in [2.24, 2.45) is 10.4 Å². The summed E-state index contributed by atoms with van der Waals surface area (Å²) in [6.45, 7) is 5.50. The van der Waals surface area contributed by atoms with Crippen LogP contribution in [0.2, 0.25) is 4.34 Å². The summed E-state index contributed by atoms with van der Waals surface area (Å²) in [7, 11) is 0. The molecule has 6 heteroatoms. The highest BCUT2D eigenvalue weighted by Gasteiger charge is 2.43. The lowest BCUT2D eigenvalue weighted by Crippen LogP contribution is -2.42. The van der Waals surface area contributed by atoms with Crippen molar-refractivity contribution >= 4 is 28.9 Å². The van der Waals surface area contributed by atoms with Crippen LogP contribution in [-0.2, 0) is 0 Å². The minimum absolute atomic E-state index is 0.378. The molecule has 1 spiro atoms. The van der Waals surface area contributed by atoms with Gasteiger partial charge in [0.2, 0.25) is 0 Å². The van der Waals surface area contributed by atoms with Crippen LogP contribution in [0.5, 0.6) is 0 Å². The standard InChI is InChI=1S/C16H24ClN3OS/c1-2-18-15(20-9-8-16(11-20)6-3-7-16)19-10-12(21)13-4-5-14(17)22-13/h4-5,12,21H,2-3,6-11H2,1H3,(H,18,19). The van der Waals surface area contributed by atoms with Gasteiger partial charge in [0.05, 0.1) is 10.9 Å². The van der Waals surface area contributed by atoms with Crippen LogP contribution in [0.4, 0.5) is 0 Å². The maximum absolute atomic E-state index is 10.3. The predicted octanol–water partition coefficient (Wildman–Crippen LogP) is 3.28. The molecule has 1 saturated carbocycles. The van der Waals surface area contributed by atoms with E-state index in [-0.39, 0.29) is 0 Å². The molecule has 2 fully saturated rings. The van der Waals surface area contributed by atoms with Crippen LogP contribution in [0.25, 0.3) is 0 Å². The first-order chi connectivity index (χ1) is 10.6. The van der Waals surface area contributed by atoms with Gasteiger partial charge in [-0.2, -0.15) is 0 Å². The number of rotatable bonds is 4. The molecule has 0 bridgehead atoms. The van der Waals surface area contributed by atoms with Crippen molar-refractivity contribution in [1.29, 1.82) is 0 Å². The van der Waals surface area contributed by atoms with Gasteiger partial charge in [0.1, 0.15) is 6.10 Å². The number of thiophene rings is 1. The van der Waals surface area contributed by atoms with Crippen LogP contribution >= 0.6 is 22.9 Å². The van der Waals surface area contributed by atoms with E-state index in [9.17, 15) is 5.11 Å². The zero-order chi connectivity index (χ0) is 15.6. The van der Waals surface area contributed by atoms with Gasteiger partial charge in [-0.3, -0.25) is 4.99 Å². The molecule has 1 aromatic rings. The number of nitrogens with zero attached hydrogens (tertiary/aromatic N) is 2. The molecule has 2 heterocycles. The number of hydrogen-bond acceptors (Lipinski definition) is 3. The van der Waals surface area contributed by atoms with Gasteiger partial charge >= 0.3 is 0 Å². The van der Waals surface area contributed by atoms with E-state index in [2.05, 4.69) is 22.1 Å². The Hall–Kier alpha value is -0.780. The molecule has 1 aromatic heterocycles. The molecule has 3 rings (SSSR count). The molecule has 0 aromatic carbocycles. The van der Waals surface area contributed by atoms with Gasteiger partial charge in [0.15, 0.2) is 5.96 Å². The molecule has 22 heavy (non-hydrogen) atoms. The SMILES string of the molecule is CCNC(=NCC(O)c1ccc(Cl)s1)N1CCC2(CCC2)C1. The van der Waals surface area contributed by atoms with Crippen molar-refractivity contribution in [2.45, 2.75) is 38.7 Å². The maximum atomic E-state index is 10.3. The van der Waals surface area contributed by atoms with Crippen molar-refractivity contribution in [3.8, 4) is 0 Å². The van der Waals surface area contributed by atoms with Crippen LogP contribution in [0, 0.1) is 5.41 Å². The first-order valence-electron chi connectivity index (χ1n) is 8.08. The van der Waals surface area contributed by atoms with Crippen molar-refractivity contribution in [3.63, 3.8) is 0 Å². The summed E-state index contributed by atoms with van der Waals surface area (Å²) < 4.78 is 0.705. The van der Waals surface area contributed by atoms with E-state index in [0.717, 1.165) is 30.5 Å². The Morgan fingerprint density at radius 2 is 2.32 bits per heavy atom. The van der Waals surface area contributed by atoms with Crippen LogP contribution in [0.3, 0.4) is 0 Å². The van der Waals surface area contributed by atoms with Crippen LogP contribution in [0.15, 0.2) is 17.1 Å². The summed E-state index contributed by atoms with van der Waals surface area (Å²) in [5.74, 6) is 0.938. The number of halogens is 1. The Balaban J connectivity index is 1.63. The lowest BCUT2D eigenvalue weighted by molar-refractivity contribution is 0.151. The number of likely N-dealkylation sites (tertiary alicyclic amines) is 1. The van der Waals surface area contributed by atoms with Crippen molar-refractivity contribution in [2.75, 3.05) is 26.2 Å². The number of hydrogen-bond donors (Lipinski definition) is 2. The molecule has 1 atom stereocenters. The normalized spacial score (nSPS) is 22.0. The fourth-order valence-electron chi connectivity index (χ4n) is 3.40. The van der Waals surface area contributed by atoms with E-state index >= 15 is 0 Å². The molecule has 4 nitrogen and oxygen atoms in total. The fraction of sp³-hybridized carbons (Fsp3) is 0.688. The Bertz CT molecular complexity index is 541. The summed E-state index contributed by atoms with van der Waals surface area (Å²) in [6, 6.07) is 3.69. The van der Waals surface area contributed by atoms with Crippen molar-refractivity contribution < 1.29 is 5.11 Å². The second kappa shape index (κ2) is 6.77. The first kappa shape index (κ1) is 16.1. The molecular formula is C16H24ClN3OS. The molecule has 122 valence electrons. The Kier molecular flexibility index (Phi) is 4.95. The number of nitrogens with one attached hydrogen (secondary N) is 1. The molecule has 1 saturated heterocycles. The molecule has 0 amide bonds. The van der Waals surface area contributed by atoms with E-state index in [0.29, 0.717) is 16.3 Å². The molecule has 1 aliphatic heterocycles. The minimum atomic E-state index is -0.577. The van der Waals surface area contributed by atoms with Crippen molar-refractivity contribution in [1.82, 2.24) is 10.2 Å². The second-order valence-electron chi connectivity index (χ2n) is 6.38. The molecular weight excluding hydrogens is 318 g/mol. The van der Waals surface area contributed by atoms with Gasteiger partial charge in [0, 0.05) is 24.5 Å². The van der Waals surface area contributed by atoms with E-state index < -0.39 is 6.10 Å². The third-order valence-corrected chi connectivity index (χ3v) is 6.16. The summed E-state index contributed by atoms with van der Waals surface area (Å²) >= 11 is 7.34. The quantitative estimate of drug-likeness (QED) is 0.652. The molecule has 2 N–H and O–H groups in total. The monoisotopic (exact) mass is 341 g/mol. The number of aliphatic hydroxyl groups excluding tert-OH is 1. The summed E-state index contributed by atoms with van der Waals surface area (Å²) in [6.07, 6.45) is 4.80. The highest BCUT2D eigenvalue weighted by molar-refractivity contribution is 7.16. The molecule has 0 radical (unpaired) electrons. The van der Waals surface area contributed by atoms with E-state index in [1.165, 1.54) is 37.0 Å². The Morgan fingerprint density at radius 3 is 2.86 bits per heavy atom. The van der Waals surface area contributed by atoms with Gasteiger partial charge in [-0.1, -0.05) is 18.0 Å². The van der Waals surface area contributed by atoms with Crippen LogP contribution in [0.1, 0.15) is 43.6 Å². The third kappa shape index (κ3) is 3.42. The molecule has 2 aliphatic rings. The average molecular weight is 342 g/mol. The minimum Gasteiger partial charge on any atom is -0.386 e. The summed E-state index contributed by atoms with van der Waals surface area (Å²) in [5, 5.41) is 13.6. The van der Waals surface area contributed by atoms with Gasteiger partial charge < -0.3 is 15.3 Å². The zero-order valence-corrected chi connectivity index (χ0v) is 14.6. The first-order valence-corrected chi connectivity index (χ1v) is 9.28. The molecule has 1 unspecified atom stereocenters.